The largest absolute Gasteiger partial charge is 0.396 e. The van der Waals surface area contributed by atoms with E-state index in [1.54, 1.807) is 0 Å². The summed E-state index contributed by atoms with van der Waals surface area (Å²) < 4.78 is 0. The molecular formula is C16H27NOS. The first-order valence-corrected chi connectivity index (χ1v) is 8.48. The summed E-state index contributed by atoms with van der Waals surface area (Å²) in [6.07, 6.45) is 3.50. The molecule has 0 bridgehead atoms. The molecule has 0 saturated heterocycles. The Kier molecular flexibility index (Phi) is 8.97. The molecule has 0 aliphatic heterocycles. The van der Waals surface area contributed by atoms with Gasteiger partial charge in [-0.05, 0) is 30.5 Å². The van der Waals surface area contributed by atoms with Crippen LogP contribution in [0.15, 0.2) is 24.3 Å². The van der Waals surface area contributed by atoms with E-state index in [1.165, 1.54) is 17.5 Å². The predicted molar refractivity (Wildman–Crippen MR) is 85.9 cm³/mol. The Balaban J connectivity index is 2.60. The maximum absolute atomic E-state index is 8.88. The lowest BCUT2D eigenvalue weighted by Crippen LogP contribution is -2.24. The quantitative estimate of drug-likeness (QED) is 0.645. The maximum atomic E-state index is 8.88. The molecule has 0 saturated carbocycles. The average molecular weight is 281 g/mol. The number of aliphatic hydroxyl groups excluding tert-OH is 1. The molecule has 0 fully saturated rings. The van der Waals surface area contributed by atoms with Gasteiger partial charge in [0, 0.05) is 17.5 Å². The first-order valence-electron chi connectivity index (χ1n) is 7.32. The summed E-state index contributed by atoms with van der Waals surface area (Å²) in [5.74, 6) is 1.84. The smallest absolute Gasteiger partial charge is 0.0521 e. The second kappa shape index (κ2) is 10.3. The molecular weight excluding hydrogens is 254 g/mol. The molecule has 19 heavy (non-hydrogen) atoms. The fraction of sp³-hybridized carbons (Fsp3) is 0.625. The molecule has 1 unspecified atom stereocenters. The number of aliphatic hydroxyl groups is 1. The molecule has 2 N–H and O–H groups in total. The summed E-state index contributed by atoms with van der Waals surface area (Å²) in [7, 11) is 0. The third kappa shape index (κ3) is 6.46. The van der Waals surface area contributed by atoms with Crippen molar-refractivity contribution in [1.82, 2.24) is 5.32 Å². The van der Waals surface area contributed by atoms with Gasteiger partial charge in [-0.3, -0.25) is 0 Å². The molecule has 0 radical (unpaired) electrons. The number of rotatable bonds is 10. The molecule has 1 rings (SSSR count). The second-order valence-electron chi connectivity index (χ2n) is 4.80. The summed E-state index contributed by atoms with van der Waals surface area (Å²) >= 11 is 1.81. The molecule has 0 aliphatic carbocycles. The summed E-state index contributed by atoms with van der Waals surface area (Å²) in [6.45, 7) is 5.71. The van der Waals surface area contributed by atoms with Crippen molar-refractivity contribution in [3.05, 3.63) is 35.4 Å². The van der Waals surface area contributed by atoms with E-state index in [9.17, 15) is 0 Å². The van der Waals surface area contributed by atoms with Crippen LogP contribution in [-0.2, 0) is 6.42 Å². The van der Waals surface area contributed by atoms with Crippen molar-refractivity contribution in [2.75, 3.05) is 24.7 Å². The monoisotopic (exact) mass is 281 g/mol. The van der Waals surface area contributed by atoms with E-state index in [-0.39, 0.29) is 6.61 Å². The van der Waals surface area contributed by atoms with Crippen LogP contribution in [-0.4, -0.2) is 29.8 Å². The van der Waals surface area contributed by atoms with Gasteiger partial charge >= 0.3 is 0 Å². The Hall–Kier alpha value is -0.510. The highest BCUT2D eigenvalue weighted by Gasteiger charge is 2.10. The Morgan fingerprint density at radius 1 is 1.16 bits per heavy atom. The third-order valence-corrected chi connectivity index (χ3v) is 4.12. The predicted octanol–water partition coefficient (Wildman–Crippen LogP) is 3.41. The van der Waals surface area contributed by atoms with E-state index in [1.807, 2.05) is 11.8 Å². The van der Waals surface area contributed by atoms with Gasteiger partial charge in [0.2, 0.25) is 0 Å². The van der Waals surface area contributed by atoms with E-state index >= 15 is 0 Å². The van der Waals surface area contributed by atoms with Crippen LogP contribution >= 0.6 is 11.8 Å². The van der Waals surface area contributed by atoms with Gasteiger partial charge in [-0.2, -0.15) is 11.8 Å². The van der Waals surface area contributed by atoms with E-state index in [0.717, 1.165) is 30.9 Å². The van der Waals surface area contributed by atoms with Crippen molar-refractivity contribution < 1.29 is 5.11 Å². The Labute approximate surface area is 122 Å². The standard InChI is InChI=1S/C16H27NOS/c1-3-5-14-6-8-15(9-7-14)16(17-10-4-2)13-19-12-11-18/h6-9,16-18H,3-5,10-13H2,1-2H3. The molecule has 0 heterocycles. The van der Waals surface area contributed by atoms with Crippen LogP contribution in [0.4, 0.5) is 0 Å². The molecule has 3 heteroatoms. The minimum Gasteiger partial charge on any atom is -0.396 e. The molecule has 1 aromatic carbocycles. The number of hydrogen-bond acceptors (Lipinski definition) is 3. The van der Waals surface area contributed by atoms with Crippen LogP contribution in [0, 0.1) is 0 Å². The van der Waals surface area contributed by atoms with E-state index in [4.69, 9.17) is 5.11 Å². The average Bonchev–Trinajstić information content (AvgIpc) is 2.44. The van der Waals surface area contributed by atoms with Crippen LogP contribution in [0.5, 0.6) is 0 Å². The summed E-state index contributed by atoms with van der Waals surface area (Å²) in [5.41, 5.74) is 2.78. The van der Waals surface area contributed by atoms with Crippen LogP contribution in [0.1, 0.15) is 43.9 Å². The number of thioether (sulfide) groups is 1. The van der Waals surface area contributed by atoms with Crippen molar-refractivity contribution in [2.24, 2.45) is 0 Å². The number of aryl methyl sites for hydroxylation is 1. The number of hydrogen-bond donors (Lipinski definition) is 2. The minimum absolute atomic E-state index is 0.264. The van der Waals surface area contributed by atoms with Gasteiger partial charge < -0.3 is 10.4 Å². The van der Waals surface area contributed by atoms with Crippen molar-refractivity contribution in [2.45, 2.75) is 39.2 Å². The lowest BCUT2D eigenvalue weighted by atomic mass is 10.0. The van der Waals surface area contributed by atoms with Crippen LogP contribution in [0.2, 0.25) is 0 Å². The lowest BCUT2D eigenvalue weighted by Gasteiger charge is -2.19. The molecule has 0 spiro atoms. The Morgan fingerprint density at radius 3 is 2.47 bits per heavy atom. The zero-order valence-corrected chi connectivity index (χ0v) is 13.0. The van der Waals surface area contributed by atoms with Crippen LogP contribution < -0.4 is 5.32 Å². The van der Waals surface area contributed by atoms with Gasteiger partial charge in [-0.25, -0.2) is 0 Å². The maximum Gasteiger partial charge on any atom is 0.0521 e. The van der Waals surface area contributed by atoms with Gasteiger partial charge in [0.1, 0.15) is 0 Å². The fourth-order valence-corrected chi connectivity index (χ4v) is 2.90. The van der Waals surface area contributed by atoms with Crippen molar-refractivity contribution in [3.8, 4) is 0 Å². The van der Waals surface area contributed by atoms with Crippen molar-refractivity contribution >= 4 is 11.8 Å². The molecule has 0 aliphatic rings. The van der Waals surface area contributed by atoms with Crippen molar-refractivity contribution in [1.29, 1.82) is 0 Å². The molecule has 1 aromatic rings. The lowest BCUT2D eigenvalue weighted by molar-refractivity contribution is 0.322. The van der Waals surface area contributed by atoms with E-state index in [0.29, 0.717) is 6.04 Å². The molecule has 1 atom stereocenters. The first-order chi connectivity index (χ1) is 9.31. The van der Waals surface area contributed by atoms with Gasteiger partial charge in [-0.15, -0.1) is 0 Å². The fourth-order valence-electron chi connectivity index (χ4n) is 2.06. The minimum atomic E-state index is 0.264. The van der Waals surface area contributed by atoms with Gasteiger partial charge in [0.25, 0.3) is 0 Å². The zero-order valence-electron chi connectivity index (χ0n) is 12.2. The normalized spacial score (nSPS) is 12.6. The van der Waals surface area contributed by atoms with Gasteiger partial charge in [-0.1, -0.05) is 44.5 Å². The Bertz CT molecular complexity index is 326. The topological polar surface area (TPSA) is 32.3 Å². The number of nitrogens with one attached hydrogen (secondary N) is 1. The molecule has 0 amide bonds. The zero-order chi connectivity index (χ0) is 13.9. The van der Waals surface area contributed by atoms with Crippen LogP contribution in [0.3, 0.4) is 0 Å². The first kappa shape index (κ1) is 16.5. The summed E-state index contributed by atoms with van der Waals surface area (Å²) in [5, 5.41) is 12.5. The Morgan fingerprint density at radius 2 is 1.89 bits per heavy atom. The molecule has 108 valence electrons. The molecule has 0 aromatic heterocycles. The highest BCUT2D eigenvalue weighted by atomic mass is 32.2. The van der Waals surface area contributed by atoms with E-state index < -0.39 is 0 Å². The number of benzene rings is 1. The third-order valence-electron chi connectivity index (χ3n) is 3.08. The summed E-state index contributed by atoms with van der Waals surface area (Å²) in [6, 6.07) is 9.38. The SMILES string of the molecule is CCCNC(CSCCO)c1ccc(CCC)cc1. The second-order valence-corrected chi connectivity index (χ2v) is 5.95. The van der Waals surface area contributed by atoms with Gasteiger partial charge in [0.05, 0.1) is 6.61 Å². The van der Waals surface area contributed by atoms with Crippen molar-refractivity contribution in [3.63, 3.8) is 0 Å². The highest BCUT2D eigenvalue weighted by molar-refractivity contribution is 7.99. The summed E-state index contributed by atoms with van der Waals surface area (Å²) in [4.78, 5) is 0. The van der Waals surface area contributed by atoms with Crippen LogP contribution in [0.25, 0.3) is 0 Å². The highest BCUT2D eigenvalue weighted by Crippen LogP contribution is 2.19. The van der Waals surface area contributed by atoms with Gasteiger partial charge in [0.15, 0.2) is 0 Å². The molecule has 2 nitrogen and oxygen atoms in total. The van der Waals surface area contributed by atoms with E-state index in [2.05, 4.69) is 43.4 Å².